The number of rotatable bonds is 1. The standard InChI is InChI=1S/C10H10N6/c1-7-8(2)14-10-11-6-13-16(10)9(7)15-5-3-4-12-15/h3-6H,1-2H3. The van der Waals surface area contributed by atoms with E-state index in [0.29, 0.717) is 5.78 Å². The molecule has 0 radical (unpaired) electrons. The SMILES string of the molecule is Cc1nc2ncnn2c(-n2cccn2)c1C. The Kier molecular flexibility index (Phi) is 1.76. The van der Waals surface area contributed by atoms with Crippen LogP contribution in [-0.2, 0) is 0 Å². The average Bonchev–Trinajstić information content (AvgIpc) is 2.89. The molecule has 6 heteroatoms. The van der Waals surface area contributed by atoms with Crippen LogP contribution >= 0.6 is 0 Å². The molecule has 0 saturated carbocycles. The Morgan fingerprint density at radius 1 is 1.19 bits per heavy atom. The number of fused-ring (bicyclic) bond motifs is 1. The molecule has 0 aromatic carbocycles. The number of aromatic nitrogens is 6. The zero-order valence-corrected chi connectivity index (χ0v) is 8.99. The summed E-state index contributed by atoms with van der Waals surface area (Å²) in [6.45, 7) is 3.96. The van der Waals surface area contributed by atoms with E-state index in [4.69, 9.17) is 0 Å². The molecule has 0 unspecified atom stereocenters. The van der Waals surface area contributed by atoms with E-state index in [0.717, 1.165) is 17.1 Å². The topological polar surface area (TPSA) is 60.9 Å². The lowest BCUT2D eigenvalue weighted by molar-refractivity contribution is 0.767. The fourth-order valence-corrected chi connectivity index (χ4v) is 1.68. The second-order valence-corrected chi connectivity index (χ2v) is 3.57. The van der Waals surface area contributed by atoms with Gasteiger partial charge in [-0.2, -0.15) is 19.7 Å². The molecule has 3 aromatic rings. The van der Waals surface area contributed by atoms with Crippen LogP contribution < -0.4 is 0 Å². The van der Waals surface area contributed by atoms with Gasteiger partial charge in [-0.15, -0.1) is 0 Å². The Bertz CT molecular complexity index is 637. The number of hydrogen-bond acceptors (Lipinski definition) is 4. The fraction of sp³-hybridized carbons (Fsp3) is 0.200. The fourth-order valence-electron chi connectivity index (χ4n) is 1.68. The minimum Gasteiger partial charge on any atom is -0.222 e. The molecule has 0 saturated heterocycles. The number of nitrogens with zero attached hydrogens (tertiary/aromatic N) is 6. The first-order valence-electron chi connectivity index (χ1n) is 4.94. The average molecular weight is 214 g/mol. The van der Waals surface area contributed by atoms with Gasteiger partial charge in [-0.3, -0.25) is 0 Å². The van der Waals surface area contributed by atoms with Crippen LogP contribution in [0.25, 0.3) is 11.6 Å². The molecule has 0 aliphatic carbocycles. The molecule has 6 nitrogen and oxygen atoms in total. The first-order chi connectivity index (χ1) is 7.77. The Morgan fingerprint density at radius 2 is 2.06 bits per heavy atom. The van der Waals surface area contributed by atoms with E-state index in [-0.39, 0.29) is 0 Å². The van der Waals surface area contributed by atoms with Gasteiger partial charge in [0.15, 0.2) is 5.82 Å². The second kappa shape index (κ2) is 3.13. The minimum absolute atomic E-state index is 0.591. The van der Waals surface area contributed by atoms with Crippen LogP contribution in [0.1, 0.15) is 11.3 Å². The summed E-state index contributed by atoms with van der Waals surface area (Å²) in [7, 11) is 0. The van der Waals surface area contributed by atoms with Crippen LogP contribution in [0.3, 0.4) is 0 Å². The van der Waals surface area contributed by atoms with Gasteiger partial charge in [0, 0.05) is 23.7 Å². The highest BCUT2D eigenvalue weighted by atomic mass is 15.4. The number of hydrogen-bond donors (Lipinski definition) is 0. The highest BCUT2D eigenvalue weighted by Crippen LogP contribution is 2.15. The van der Waals surface area contributed by atoms with Crippen LogP contribution in [0, 0.1) is 13.8 Å². The molecule has 0 fully saturated rings. The third-order valence-electron chi connectivity index (χ3n) is 2.60. The molecule has 0 aliphatic rings. The molecule has 3 rings (SSSR count). The van der Waals surface area contributed by atoms with Gasteiger partial charge < -0.3 is 0 Å². The Labute approximate surface area is 91.6 Å². The van der Waals surface area contributed by atoms with Gasteiger partial charge in [-0.1, -0.05) is 0 Å². The second-order valence-electron chi connectivity index (χ2n) is 3.57. The lowest BCUT2D eigenvalue weighted by Crippen LogP contribution is -2.09. The minimum atomic E-state index is 0.591. The highest BCUT2D eigenvalue weighted by Gasteiger charge is 2.12. The van der Waals surface area contributed by atoms with E-state index in [9.17, 15) is 0 Å². The zero-order chi connectivity index (χ0) is 11.1. The molecule has 3 aromatic heterocycles. The first-order valence-corrected chi connectivity index (χ1v) is 4.94. The summed E-state index contributed by atoms with van der Waals surface area (Å²) in [6, 6.07) is 1.87. The van der Waals surface area contributed by atoms with Gasteiger partial charge in [-0.05, 0) is 19.9 Å². The van der Waals surface area contributed by atoms with Crippen molar-refractivity contribution in [3.8, 4) is 5.82 Å². The quantitative estimate of drug-likeness (QED) is 0.604. The monoisotopic (exact) mass is 214 g/mol. The van der Waals surface area contributed by atoms with Gasteiger partial charge in [0.2, 0.25) is 0 Å². The van der Waals surface area contributed by atoms with Crippen molar-refractivity contribution in [3.05, 3.63) is 36.0 Å². The van der Waals surface area contributed by atoms with Gasteiger partial charge >= 0.3 is 0 Å². The van der Waals surface area contributed by atoms with Crippen LogP contribution in [-0.4, -0.2) is 29.4 Å². The van der Waals surface area contributed by atoms with Crippen LogP contribution in [0.2, 0.25) is 0 Å². The van der Waals surface area contributed by atoms with Gasteiger partial charge in [0.1, 0.15) is 6.33 Å². The smallest absolute Gasteiger partial charge is 0.222 e. The van der Waals surface area contributed by atoms with Gasteiger partial charge in [-0.25, -0.2) is 9.67 Å². The van der Waals surface area contributed by atoms with Crippen molar-refractivity contribution in [2.24, 2.45) is 0 Å². The molecule has 0 amide bonds. The summed E-state index contributed by atoms with van der Waals surface area (Å²) in [5.74, 6) is 1.47. The Hall–Kier alpha value is -2.24. The molecule has 3 heterocycles. The molecule has 16 heavy (non-hydrogen) atoms. The summed E-state index contributed by atoms with van der Waals surface area (Å²) < 4.78 is 3.46. The van der Waals surface area contributed by atoms with Crippen molar-refractivity contribution in [2.45, 2.75) is 13.8 Å². The van der Waals surface area contributed by atoms with Crippen molar-refractivity contribution >= 4 is 5.78 Å². The zero-order valence-electron chi connectivity index (χ0n) is 8.99. The normalized spacial score (nSPS) is 11.1. The molecule has 0 bridgehead atoms. The summed E-state index contributed by atoms with van der Waals surface area (Å²) in [6.07, 6.45) is 5.11. The lowest BCUT2D eigenvalue weighted by atomic mass is 10.2. The van der Waals surface area contributed by atoms with Gasteiger partial charge in [0.05, 0.1) is 0 Å². The molecule has 80 valence electrons. The maximum atomic E-state index is 4.35. The van der Waals surface area contributed by atoms with E-state index in [1.54, 1.807) is 15.4 Å². The summed E-state index contributed by atoms with van der Waals surface area (Å²) in [5, 5.41) is 8.38. The predicted octanol–water partition coefficient (Wildman–Crippen LogP) is 0.927. The molecular formula is C10H10N6. The largest absolute Gasteiger partial charge is 0.254 e. The van der Waals surface area contributed by atoms with Crippen molar-refractivity contribution in [2.75, 3.05) is 0 Å². The lowest BCUT2D eigenvalue weighted by Gasteiger charge is -2.09. The van der Waals surface area contributed by atoms with E-state index < -0.39 is 0 Å². The van der Waals surface area contributed by atoms with Crippen LogP contribution in [0.15, 0.2) is 24.8 Å². The van der Waals surface area contributed by atoms with Crippen molar-refractivity contribution in [1.82, 2.24) is 29.4 Å². The third-order valence-corrected chi connectivity index (χ3v) is 2.60. The van der Waals surface area contributed by atoms with Gasteiger partial charge in [0.25, 0.3) is 5.78 Å². The van der Waals surface area contributed by atoms with E-state index in [1.165, 1.54) is 6.33 Å². The number of aryl methyl sites for hydroxylation is 1. The third kappa shape index (κ3) is 1.13. The maximum absolute atomic E-state index is 4.35. The van der Waals surface area contributed by atoms with E-state index >= 15 is 0 Å². The summed E-state index contributed by atoms with van der Waals surface area (Å²) in [4.78, 5) is 8.44. The maximum Gasteiger partial charge on any atom is 0.254 e. The highest BCUT2D eigenvalue weighted by molar-refractivity contribution is 5.43. The molecule has 0 N–H and O–H groups in total. The van der Waals surface area contributed by atoms with Crippen LogP contribution in [0.4, 0.5) is 0 Å². The van der Waals surface area contributed by atoms with Crippen molar-refractivity contribution in [1.29, 1.82) is 0 Å². The molecular weight excluding hydrogens is 204 g/mol. The van der Waals surface area contributed by atoms with Crippen LogP contribution in [0.5, 0.6) is 0 Å². The van der Waals surface area contributed by atoms with E-state index in [2.05, 4.69) is 20.2 Å². The van der Waals surface area contributed by atoms with E-state index in [1.807, 2.05) is 26.1 Å². The summed E-state index contributed by atoms with van der Waals surface area (Å²) in [5.41, 5.74) is 1.98. The van der Waals surface area contributed by atoms with Crippen molar-refractivity contribution in [3.63, 3.8) is 0 Å². The Balaban J connectivity index is 2.45. The predicted molar refractivity (Wildman–Crippen MR) is 57.4 cm³/mol. The molecule has 0 spiro atoms. The summed E-state index contributed by atoms with van der Waals surface area (Å²) >= 11 is 0. The molecule has 0 aliphatic heterocycles. The Morgan fingerprint density at radius 3 is 2.81 bits per heavy atom. The first kappa shape index (κ1) is 9.02. The van der Waals surface area contributed by atoms with Crippen molar-refractivity contribution < 1.29 is 0 Å². The molecule has 0 atom stereocenters.